The Morgan fingerprint density at radius 2 is 1.07 bits per heavy atom. The first-order chi connectivity index (χ1) is 21.2. The van der Waals surface area contributed by atoms with Crippen LogP contribution in [0.1, 0.15) is 72.7 Å². The van der Waals surface area contributed by atoms with Gasteiger partial charge in [0.05, 0.1) is 23.2 Å². The first kappa shape index (κ1) is 32.8. The maximum atomic E-state index is 12.4. The molecular formula is C35H40N4O6. The van der Waals surface area contributed by atoms with Crippen molar-refractivity contribution in [3.63, 3.8) is 0 Å². The van der Waals surface area contributed by atoms with Gasteiger partial charge in [-0.05, 0) is 74.9 Å². The molecule has 4 heterocycles. The second-order valence-electron chi connectivity index (χ2n) is 11.8. The second-order valence-corrected chi connectivity index (χ2v) is 11.8. The smallest absolute Gasteiger partial charge is 0.306 e. The summed E-state index contributed by atoms with van der Waals surface area (Å²) in [5, 5.41) is 25.2. The van der Waals surface area contributed by atoms with Crippen LogP contribution in [0, 0.1) is 25.7 Å². The number of carboxylic acids is 2. The zero-order valence-electron chi connectivity index (χ0n) is 26.5. The monoisotopic (exact) mass is 612 g/mol. The standard InChI is InChI=1S/C35H40N4O6/c1-9-22-20(7)32(40)38-28(22)13-26-18(5)24(11-16(3)34(42)43)30(36-26)15-31-25(12-17(4)35(44)45)19(6)27(37-31)14-29-23(10-2)21(8)33(41)39-29/h9-10,13-14,16-17,36-37H,1-2,11-12,15H2,3-8H3,(H,38,40)(H,39,41)(H,42,43)(H,44,45)/b28-13-,29-14-/t16-,17+. The van der Waals surface area contributed by atoms with Crippen LogP contribution in [-0.4, -0.2) is 43.9 Å². The summed E-state index contributed by atoms with van der Waals surface area (Å²) in [6.07, 6.45) is 7.78. The van der Waals surface area contributed by atoms with Crippen LogP contribution in [0.2, 0.25) is 0 Å². The normalized spacial score (nSPS) is 18.1. The Morgan fingerprint density at radius 1 is 0.711 bits per heavy atom. The summed E-state index contributed by atoms with van der Waals surface area (Å²) in [7, 11) is 0. The molecule has 6 N–H and O–H groups in total. The van der Waals surface area contributed by atoms with Gasteiger partial charge in [0.2, 0.25) is 0 Å². The fourth-order valence-electron chi connectivity index (χ4n) is 5.81. The van der Waals surface area contributed by atoms with Crippen molar-refractivity contribution < 1.29 is 29.4 Å². The van der Waals surface area contributed by atoms with Gasteiger partial charge in [0.1, 0.15) is 0 Å². The van der Waals surface area contributed by atoms with Crippen LogP contribution in [0.15, 0.2) is 59.0 Å². The molecular weight excluding hydrogens is 572 g/mol. The van der Waals surface area contributed by atoms with Gasteiger partial charge < -0.3 is 30.8 Å². The molecule has 2 aromatic rings. The number of rotatable bonds is 12. The summed E-state index contributed by atoms with van der Waals surface area (Å²) in [6, 6.07) is 0. The third kappa shape index (κ3) is 6.40. The topological polar surface area (TPSA) is 164 Å². The molecule has 10 heteroatoms. The Morgan fingerprint density at radius 3 is 1.38 bits per heavy atom. The Labute approximate surface area is 262 Å². The second kappa shape index (κ2) is 12.9. The summed E-state index contributed by atoms with van der Waals surface area (Å²) in [6.45, 7) is 18.3. The van der Waals surface area contributed by atoms with Crippen molar-refractivity contribution in [1.82, 2.24) is 20.6 Å². The van der Waals surface area contributed by atoms with Crippen molar-refractivity contribution in [1.29, 1.82) is 0 Å². The van der Waals surface area contributed by atoms with E-state index in [1.54, 1.807) is 39.8 Å². The number of nitrogens with one attached hydrogen (secondary N) is 4. The molecule has 236 valence electrons. The molecule has 0 aromatic carbocycles. The molecule has 0 unspecified atom stereocenters. The van der Waals surface area contributed by atoms with E-state index >= 15 is 0 Å². The highest BCUT2D eigenvalue weighted by molar-refractivity contribution is 6.02. The quantitative estimate of drug-likeness (QED) is 0.197. The molecule has 2 amide bonds. The van der Waals surface area contributed by atoms with Gasteiger partial charge in [-0.15, -0.1) is 0 Å². The number of aromatic amines is 2. The number of amides is 2. The van der Waals surface area contributed by atoms with Gasteiger partial charge in [-0.1, -0.05) is 39.2 Å². The number of carbonyl (C=O) groups is 4. The number of aliphatic carboxylic acids is 2. The number of hydrogen-bond acceptors (Lipinski definition) is 4. The van der Waals surface area contributed by atoms with Gasteiger partial charge in [0, 0.05) is 51.5 Å². The largest absolute Gasteiger partial charge is 0.481 e. The van der Waals surface area contributed by atoms with E-state index in [4.69, 9.17) is 0 Å². The van der Waals surface area contributed by atoms with Crippen LogP contribution in [0.25, 0.3) is 12.2 Å². The van der Waals surface area contributed by atoms with Crippen molar-refractivity contribution in [3.05, 3.63) is 104 Å². The third-order valence-electron chi connectivity index (χ3n) is 8.78. The van der Waals surface area contributed by atoms with Gasteiger partial charge >= 0.3 is 11.9 Å². The number of hydrogen-bond donors (Lipinski definition) is 6. The Bertz CT molecular complexity index is 1650. The average molecular weight is 613 g/mol. The average Bonchev–Trinajstić information content (AvgIpc) is 3.62. The molecule has 2 atom stereocenters. The van der Waals surface area contributed by atoms with Gasteiger partial charge in [0.25, 0.3) is 11.8 Å². The fourth-order valence-corrected chi connectivity index (χ4v) is 5.81. The lowest BCUT2D eigenvalue weighted by atomic mass is 9.93. The maximum Gasteiger partial charge on any atom is 0.306 e. The SMILES string of the molecule is C=CC1=C(C)C(=O)N/C1=C\c1[nH]c(Cc2[nH]c(/C=C3\NC(=O)C(C)=C3C=C)c(C)c2C[C@H](C)C(=O)O)c(C[C@@H](C)C(=O)O)c1C. The Balaban J connectivity index is 1.86. The highest BCUT2D eigenvalue weighted by atomic mass is 16.4. The molecule has 2 aliphatic heterocycles. The fraction of sp³-hybridized carbons (Fsp3) is 0.314. The number of carbonyl (C=O) groups excluding carboxylic acids is 2. The van der Waals surface area contributed by atoms with Gasteiger partial charge in [-0.2, -0.15) is 0 Å². The predicted octanol–water partition coefficient (Wildman–Crippen LogP) is 5.02. The summed E-state index contributed by atoms with van der Waals surface area (Å²) >= 11 is 0. The Hall–Kier alpha value is -5.12. The lowest BCUT2D eigenvalue weighted by Gasteiger charge is -2.12. The molecule has 4 rings (SSSR count). The first-order valence-corrected chi connectivity index (χ1v) is 14.8. The zero-order chi connectivity index (χ0) is 33.3. The molecule has 0 bridgehead atoms. The van der Waals surface area contributed by atoms with E-state index in [0.29, 0.717) is 40.1 Å². The summed E-state index contributed by atoms with van der Waals surface area (Å²) < 4.78 is 0. The minimum atomic E-state index is -0.919. The van der Waals surface area contributed by atoms with Crippen LogP contribution >= 0.6 is 0 Å². The molecule has 0 saturated carbocycles. The molecule has 2 aromatic heterocycles. The maximum absolute atomic E-state index is 12.4. The van der Waals surface area contributed by atoms with Crippen molar-refractivity contribution in [2.45, 2.75) is 60.8 Å². The number of carboxylic acid groups (broad SMARTS) is 2. The van der Waals surface area contributed by atoms with E-state index in [9.17, 15) is 29.4 Å². The molecule has 0 aliphatic carbocycles. The van der Waals surface area contributed by atoms with E-state index in [0.717, 1.165) is 45.0 Å². The van der Waals surface area contributed by atoms with Crippen molar-refractivity contribution in [2.24, 2.45) is 11.8 Å². The van der Waals surface area contributed by atoms with Crippen LogP contribution in [0.4, 0.5) is 0 Å². The van der Waals surface area contributed by atoms with Gasteiger partial charge in [-0.25, -0.2) is 0 Å². The lowest BCUT2D eigenvalue weighted by molar-refractivity contribution is -0.142. The number of allylic oxidation sites excluding steroid dienone is 2. The van der Waals surface area contributed by atoms with Crippen LogP contribution < -0.4 is 10.6 Å². The summed E-state index contributed by atoms with van der Waals surface area (Å²) in [4.78, 5) is 55.4. The van der Waals surface area contributed by atoms with E-state index in [1.165, 1.54) is 0 Å². The number of H-pyrrole nitrogens is 2. The summed E-state index contributed by atoms with van der Waals surface area (Å²) in [5.74, 6) is -3.57. The van der Waals surface area contributed by atoms with E-state index in [1.807, 2.05) is 26.0 Å². The molecule has 45 heavy (non-hydrogen) atoms. The van der Waals surface area contributed by atoms with Gasteiger partial charge in [-0.3, -0.25) is 19.2 Å². The molecule has 0 saturated heterocycles. The van der Waals surface area contributed by atoms with Crippen LogP contribution in [0.5, 0.6) is 0 Å². The predicted molar refractivity (Wildman–Crippen MR) is 173 cm³/mol. The minimum Gasteiger partial charge on any atom is -0.481 e. The van der Waals surface area contributed by atoms with E-state index in [-0.39, 0.29) is 24.7 Å². The number of aromatic nitrogens is 2. The van der Waals surface area contributed by atoms with Crippen molar-refractivity contribution >= 4 is 35.9 Å². The highest BCUT2D eigenvalue weighted by Gasteiger charge is 2.27. The molecule has 0 fully saturated rings. The molecule has 0 spiro atoms. The minimum absolute atomic E-state index is 0.205. The Kier molecular flexibility index (Phi) is 9.37. The summed E-state index contributed by atoms with van der Waals surface area (Å²) in [5.41, 5.74) is 10.1. The molecule has 0 radical (unpaired) electrons. The van der Waals surface area contributed by atoms with Crippen molar-refractivity contribution in [2.75, 3.05) is 0 Å². The van der Waals surface area contributed by atoms with E-state index in [2.05, 4.69) is 33.8 Å². The molecule has 10 nitrogen and oxygen atoms in total. The molecule has 2 aliphatic rings. The van der Waals surface area contributed by atoms with Gasteiger partial charge in [0.15, 0.2) is 0 Å². The highest BCUT2D eigenvalue weighted by Crippen LogP contribution is 2.32. The van der Waals surface area contributed by atoms with E-state index < -0.39 is 23.8 Å². The van der Waals surface area contributed by atoms with Crippen LogP contribution in [-0.2, 0) is 38.4 Å². The zero-order valence-corrected chi connectivity index (χ0v) is 26.5. The van der Waals surface area contributed by atoms with Crippen LogP contribution in [0.3, 0.4) is 0 Å². The first-order valence-electron chi connectivity index (χ1n) is 14.8. The third-order valence-corrected chi connectivity index (χ3v) is 8.78. The van der Waals surface area contributed by atoms with Crippen molar-refractivity contribution in [3.8, 4) is 0 Å². The lowest BCUT2D eigenvalue weighted by Crippen LogP contribution is -2.15.